The molecule has 1 rings (SSSR count). The summed E-state index contributed by atoms with van der Waals surface area (Å²) in [5.74, 6) is -1.72. The molecule has 8 heteroatoms. The van der Waals surface area contributed by atoms with Gasteiger partial charge in [0.25, 0.3) is 5.54 Å². The van der Waals surface area contributed by atoms with Gasteiger partial charge in [0.05, 0.1) is 5.97 Å². The molecule has 0 fully saturated rings. The van der Waals surface area contributed by atoms with Gasteiger partial charge in [0.15, 0.2) is 0 Å². The number of carbonyl (C=O) groups is 1. The Bertz CT molecular complexity index is 359. The fraction of sp³-hybridized carbons (Fsp3) is 0.200. The molecule has 0 aliphatic carbocycles. The average molecular weight is 185 g/mol. The van der Waals surface area contributed by atoms with Crippen molar-refractivity contribution in [1.29, 1.82) is 10.5 Å². The molecule has 0 N–H and O–H groups in total. The quantitative estimate of drug-likeness (QED) is 0.380. The molecule has 0 amide bonds. The van der Waals surface area contributed by atoms with Crippen LogP contribution >= 0.6 is 0 Å². The molecule has 0 bridgehead atoms. The van der Waals surface area contributed by atoms with E-state index in [1.165, 1.54) is 12.1 Å². The van der Waals surface area contributed by atoms with E-state index < -0.39 is 17.2 Å². The maximum absolute atomic E-state index is 10.3. The maximum Gasteiger partial charge on any atom is 1.00 e. The normalized spacial score (nSPS) is 16.3. The predicted molar refractivity (Wildman–Crippen MR) is 31.3 cm³/mol. The second kappa shape index (κ2) is 4.10. The Morgan fingerprint density at radius 3 is 2.31 bits per heavy atom. The molecule has 0 aromatic carbocycles. The van der Waals surface area contributed by atoms with Crippen molar-refractivity contribution in [3.05, 3.63) is 0 Å². The number of hydrogen-bond donors (Lipinski definition) is 0. The number of hydrogen-bond acceptors (Lipinski definition) is 7. The minimum absolute atomic E-state index is 0. The second-order valence-corrected chi connectivity index (χ2v) is 1.86. The van der Waals surface area contributed by atoms with Gasteiger partial charge in [0.2, 0.25) is 0 Å². The zero-order valence-corrected chi connectivity index (χ0v) is 8.55. The number of nitrogens with zero attached hydrogens (tertiary/aromatic N) is 5. The predicted octanol–water partition coefficient (Wildman–Crippen LogP) is -4.65. The van der Waals surface area contributed by atoms with Crippen LogP contribution in [-0.4, -0.2) is 17.2 Å². The van der Waals surface area contributed by atoms with Crippen LogP contribution in [0.3, 0.4) is 0 Å². The van der Waals surface area contributed by atoms with Crippen molar-refractivity contribution in [2.45, 2.75) is 5.54 Å². The van der Waals surface area contributed by atoms with Gasteiger partial charge in [-0.25, -0.2) is 0 Å². The van der Waals surface area contributed by atoms with E-state index in [4.69, 9.17) is 10.5 Å². The maximum atomic E-state index is 10.3. The molecule has 0 unspecified atom stereocenters. The van der Waals surface area contributed by atoms with Crippen LogP contribution in [0.1, 0.15) is 0 Å². The molecule has 0 atom stereocenters. The van der Waals surface area contributed by atoms with Gasteiger partial charge in [-0.05, 0) is 5.22 Å². The third-order valence-electron chi connectivity index (χ3n) is 1.20. The molecule has 1 aliphatic rings. The number of carboxylic acid groups (broad SMARTS) is 1. The number of nitriles is 2. The van der Waals surface area contributed by atoms with Gasteiger partial charge >= 0.3 is 29.6 Å². The van der Waals surface area contributed by atoms with Crippen molar-refractivity contribution in [3.63, 3.8) is 0 Å². The van der Waals surface area contributed by atoms with Gasteiger partial charge < -0.3 is 9.90 Å². The number of carbonyl (C=O) groups excluding carboxylic acids is 1. The van der Waals surface area contributed by atoms with Crippen LogP contribution in [0.4, 0.5) is 0 Å². The summed E-state index contributed by atoms with van der Waals surface area (Å²) < 4.78 is 0. The third-order valence-corrected chi connectivity index (χ3v) is 1.20. The van der Waals surface area contributed by atoms with Crippen molar-refractivity contribution in [2.75, 3.05) is 0 Å². The summed E-state index contributed by atoms with van der Waals surface area (Å²) in [6, 6.07) is 2.77. The van der Waals surface area contributed by atoms with Crippen LogP contribution in [0.15, 0.2) is 15.4 Å². The Hall–Kier alpha value is -1.28. The Kier molecular flexibility index (Phi) is 3.69. The zero-order valence-electron chi connectivity index (χ0n) is 6.55. The van der Waals surface area contributed by atoms with Crippen LogP contribution in [0, 0.1) is 22.7 Å². The molecule has 0 aromatic rings. The first-order valence-corrected chi connectivity index (χ1v) is 2.70. The summed E-state index contributed by atoms with van der Waals surface area (Å²) in [6.07, 6.45) is 0. The molecule has 0 aromatic heterocycles. The molecule has 0 radical (unpaired) electrons. The summed E-state index contributed by atoms with van der Waals surface area (Å²) >= 11 is 0. The largest absolute Gasteiger partial charge is 1.00 e. The summed E-state index contributed by atoms with van der Waals surface area (Å²) in [5.41, 5.74) is -2.90. The average Bonchev–Trinajstić information content (AvgIpc) is 2.48. The summed E-state index contributed by atoms with van der Waals surface area (Å²) in [6.45, 7) is 0. The van der Waals surface area contributed by atoms with Gasteiger partial charge in [0.1, 0.15) is 17.9 Å². The first kappa shape index (κ1) is 11.7. The van der Waals surface area contributed by atoms with Crippen LogP contribution in [0.5, 0.6) is 0 Å². The molecular weight excluding hydrogens is 185 g/mol. The van der Waals surface area contributed by atoms with E-state index in [2.05, 4.69) is 15.4 Å². The Balaban J connectivity index is 0.00000144. The van der Waals surface area contributed by atoms with E-state index in [9.17, 15) is 9.90 Å². The van der Waals surface area contributed by atoms with Crippen LogP contribution in [0.2, 0.25) is 0 Å². The van der Waals surface area contributed by atoms with Crippen LogP contribution < -0.4 is 34.7 Å². The number of aliphatic carboxylic acids is 1. The van der Waals surface area contributed by atoms with E-state index in [1.54, 1.807) is 0 Å². The van der Waals surface area contributed by atoms with E-state index in [0.29, 0.717) is 0 Å². The molecule has 0 saturated heterocycles. The van der Waals surface area contributed by atoms with Crippen molar-refractivity contribution in [3.8, 4) is 12.1 Å². The summed E-state index contributed by atoms with van der Waals surface area (Å²) in [4.78, 5) is 10.3. The van der Waals surface area contributed by atoms with Gasteiger partial charge in [-0.3, -0.25) is 0 Å². The minimum atomic E-state index is -2.13. The molecule has 7 nitrogen and oxygen atoms in total. The second-order valence-electron chi connectivity index (χ2n) is 1.86. The van der Waals surface area contributed by atoms with E-state index in [-0.39, 0.29) is 29.6 Å². The van der Waals surface area contributed by atoms with Crippen LogP contribution in [-0.2, 0) is 4.79 Å². The SMILES string of the molecule is N#CC1(C#N)N=NN=C1C(=O)[O-].[Na+]. The van der Waals surface area contributed by atoms with Crippen molar-refractivity contribution < 1.29 is 39.5 Å². The van der Waals surface area contributed by atoms with Gasteiger partial charge in [-0.15, -0.1) is 10.2 Å². The van der Waals surface area contributed by atoms with Crippen molar-refractivity contribution in [2.24, 2.45) is 15.4 Å². The van der Waals surface area contributed by atoms with Gasteiger partial charge in [0, 0.05) is 0 Å². The van der Waals surface area contributed by atoms with Crippen molar-refractivity contribution >= 4 is 11.7 Å². The minimum Gasteiger partial charge on any atom is -0.543 e. The summed E-state index contributed by atoms with van der Waals surface area (Å²) in [5, 5.41) is 36.2. The first-order valence-electron chi connectivity index (χ1n) is 2.70. The van der Waals surface area contributed by atoms with Crippen molar-refractivity contribution in [1.82, 2.24) is 0 Å². The molecule has 1 heterocycles. The molecule has 13 heavy (non-hydrogen) atoms. The monoisotopic (exact) mass is 185 g/mol. The Morgan fingerprint density at radius 2 is 2.00 bits per heavy atom. The molecule has 1 aliphatic heterocycles. The Labute approximate surface area is 94.7 Å². The fourth-order valence-corrected chi connectivity index (χ4v) is 0.618. The van der Waals surface area contributed by atoms with E-state index in [1.807, 2.05) is 0 Å². The van der Waals surface area contributed by atoms with Gasteiger partial charge in [-0.2, -0.15) is 10.5 Å². The zero-order chi connectivity index (χ0) is 9.19. The van der Waals surface area contributed by atoms with Gasteiger partial charge in [-0.1, -0.05) is 0 Å². The fourth-order valence-electron chi connectivity index (χ4n) is 0.618. The standard InChI is InChI=1S/C5HN5O2.Na/c6-1-5(2-7)3(4(11)12)8-10-9-5;/h(H,11,12);/q;+1/p-1. The third kappa shape index (κ3) is 1.73. The van der Waals surface area contributed by atoms with E-state index in [0.717, 1.165) is 0 Å². The first-order chi connectivity index (χ1) is 5.66. The topological polar surface area (TPSA) is 125 Å². The number of carboxylic acids is 1. The smallest absolute Gasteiger partial charge is 0.543 e. The summed E-state index contributed by atoms with van der Waals surface area (Å²) in [7, 11) is 0. The van der Waals surface area contributed by atoms with Crippen LogP contribution in [0.25, 0.3) is 0 Å². The molecular formula is C5N5NaO2. The number of rotatable bonds is 1. The Morgan fingerprint density at radius 1 is 1.46 bits per heavy atom. The molecule has 0 saturated carbocycles. The molecule has 0 spiro atoms. The molecule has 58 valence electrons. The van der Waals surface area contributed by atoms with E-state index >= 15 is 0 Å².